The summed E-state index contributed by atoms with van der Waals surface area (Å²) >= 11 is 0. The molecule has 0 radical (unpaired) electrons. The second-order valence-electron chi connectivity index (χ2n) is 4.24. The van der Waals surface area contributed by atoms with Crippen LogP contribution in [-0.2, 0) is 0 Å². The molecule has 6 heteroatoms. The zero-order valence-electron chi connectivity index (χ0n) is 10.9. The second-order valence-corrected chi connectivity index (χ2v) is 4.24. The molecule has 0 atom stereocenters. The highest BCUT2D eigenvalue weighted by atomic mass is 19.2. The van der Waals surface area contributed by atoms with Gasteiger partial charge in [-0.15, -0.1) is 0 Å². The maximum Gasteiger partial charge on any atom is 0.194 e. The molecule has 1 aromatic carbocycles. The standard InChI is InChI=1S/C14H14F3N3/c1-2-4-18-13-8-9(3-5-19-13)20-10-6-11(15)14(17)12(16)7-10/h3,5-8H,2,4H2,1H3,(H2,18,19,20). The minimum Gasteiger partial charge on any atom is -0.370 e. The van der Waals surface area contributed by atoms with E-state index < -0.39 is 17.5 Å². The van der Waals surface area contributed by atoms with Gasteiger partial charge in [0, 0.05) is 42.3 Å². The van der Waals surface area contributed by atoms with Gasteiger partial charge in [-0.05, 0) is 12.5 Å². The predicted octanol–water partition coefficient (Wildman–Crippen LogP) is 4.06. The van der Waals surface area contributed by atoms with Crippen molar-refractivity contribution < 1.29 is 13.2 Å². The summed E-state index contributed by atoms with van der Waals surface area (Å²) in [7, 11) is 0. The molecule has 106 valence electrons. The number of anilines is 3. The smallest absolute Gasteiger partial charge is 0.194 e. The average molecular weight is 281 g/mol. The SMILES string of the molecule is CCCNc1cc(Nc2cc(F)c(F)c(F)c2)ccn1. The van der Waals surface area contributed by atoms with E-state index in [2.05, 4.69) is 15.6 Å². The summed E-state index contributed by atoms with van der Waals surface area (Å²) in [6.45, 7) is 2.80. The van der Waals surface area contributed by atoms with Gasteiger partial charge < -0.3 is 10.6 Å². The topological polar surface area (TPSA) is 37.0 Å². The monoisotopic (exact) mass is 281 g/mol. The maximum absolute atomic E-state index is 13.1. The number of halogens is 3. The van der Waals surface area contributed by atoms with Gasteiger partial charge in [0.2, 0.25) is 0 Å². The number of hydrogen-bond acceptors (Lipinski definition) is 3. The molecule has 2 rings (SSSR count). The van der Waals surface area contributed by atoms with Crippen molar-refractivity contribution in [1.82, 2.24) is 4.98 Å². The Morgan fingerprint density at radius 1 is 1.05 bits per heavy atom. The van der Waals surface area contributed by atoms with E-state index in [9.17, 15) is 13.2 Å². The van der Waals surface area contributed by atoms with E-state index in [1.165, 1.54) is 0 Å². The van der Waals surface area contributed by atoms with Crippen LogP contribution in [0.2, 0.25) is 0 Å². The summed E-state index contributed by atoms with van der Waals surface area (Å²) in [5.74, 6) is -3.28. The molecule has 0 unspecified atom stereocenters. The normalized spacial score (nSPS) is 10.4. The van der Waals surface area contributed by atoms with Gasteiger partial charge in [-0.25, -0.2) is 18.2 Å². The Bertz CT molecular complexity index is 579. The van der Waals surface area contributed by atoms with E-state index in [4.69, 9.17) is 0 Å². The number of nitrogens with zero attached hydrogens (tertiary/aromatic N) is 1. The highest BCUT2D eigenvalue weighted by Crippen LogP contribution is 2.22. The van der Waals surface area contributed by atoms with E-state index in [0.717, 1.165) is 25.1 Å². The summed E-state index contributed by atoms with van der Waals surface area (Å²) in [5.41, 5.74) is 0.734. The van der Waals surface area contributed by atoms with Gasteiger partial charge in [0.15, 0.2) is 17.5 Å². The zero-order chi connectivity index (χ0) is 14.5. The minimum atomic E-state index is -1.48. The van der Waals surface area contributed by atoms with Gasteiger partial charge in [-0.3, -0.25) is 0 Å². The first-order valence-electron chi connectivity index (χ1n) is 6.21. The van der Waals surface area contributed by atoms with Crippen LogP contribution in [0.15, 0.2) is 30.5 Å². The van der Waals surface area contributed by atoms with Gasteiger partial charge in [-0.1, -0.05) is 6.92 Å². The first-order valence-corrected chi connectivity index (χ1v) is 6.21. The van der Waals surface area contributed by atoms with Gasteiger partial charge in [0.25, 0.3) is 0 Å². The van der Waals surface area contributed by atoms with Crippen molar-refractivity contribution in [3.05, 3.63) is 47.9 Å². The summed E-state index contributed by atoms with van der Waals surface area (Å²) in [4.78, 5) is 4.11. The molecule has 2 N–H and O–H groups in total. The van der Waals surface area contributed by atoms with Crippen LogP contribution in [0.25, 0.3) is 0 Å². The van der Waals surface area contributed by atoms with Crippen LogP contribution in [0.4, 0.5) is 30.4 Å². The molecule has 0 aliphatic carbocycles. The lowest BCUT2D eigenvalue weighted by Crippen LogP contribution is -2.02. The highest BCUT2D eigenvalue weighted by Gasteiger charge is 2.10. The first kappa shape index (κ1) is 14.2. The van der Waals surface area contributed by atoms with Crippen molar-refractivity contribution in [1.29, 1.82) is 0 Å². The molecule has 1 aromatic heterocycles. The quantitative estimate of drug-likeness (QED) is 0.811. The summed E-state index contributed by atoms with van der Waals surface area (Å²) in [6.07, 6.45) is 2.52. The van der Waals surface area contributed by atoms with Gasteiger partial charge in [0.05, 0.1) is 0 Å². The second kappa shape index (κ2) is 6.27. The third-order valence-electron chi connectivity index (χ3n) is 2.59. The molecule has 0 saturated heterocycles. The summed E-state index contributed by atoms with van der Waals surface area (Å²) in [5, 5.41) is 5.90. The molecule has 0 fully saturated rings. The van der Waals surface area contributed by atoms with E-state index in [-0.39, 0.29) is 5.69 Å². The van der Waals surface area contributed by atoms with Crippen LogP contribution in [-0.4, -0.2) is 11.5 Å². The van der Waals surface area contributed by atoms with Crippen molar-refractivity contribution >= 4 is 17.2 Å². The Kier molecular flexibility index (Phi) is 4.45. The van der Waals surface area contributed by atoms with Crippen LogP contribution >= 0.6 is 0 Å². The van der Waals surface area contributed by atoms with Crippen LogP contribution in [0.3, 0.4) is 0 Å². The predicted molar refractivity (Wildman–Crippen MR) is 72.6 cm³/mol. The molecule has 1 heterocycles. The molecule has 0 spiro atoms. The molecule has 0 saturated carbocycles. The molecule has 0 aliphatic heterocycles. The molecular weight excluding hydrogens is 267 g/mol. The lowest BCUT2D eigenvalue weighted by Gasteiger charge is -2.09. The van der Waals surface area contributed by atoms with Crippen molar-refractivity contribution in [2.24, 2.45) is 0 Å². The summed E-state index contributed by atoms with van der Waals surface area (Å²) in [6, 6.07) is 5.15. The van der Waals surface area contributed by atoms with Gasteiger partial charge in [-0.2, -0.15) is 0 Å². The summed E-state index contributed by atoms with van der Waals surface area (Å²) < 4.78 is 39.1. The maximum atomic E-state index is 13.1. The fourth-order valence-corrected chi connectivity index (χ4v) is 1.65. The number of rotatable bonds is 5. The number of pyridine rings is 1. The first-order chi connectivity index (χ1) is 9.60. The third-order valence-corrected chi connectivity index (χ3v) is 2.59. The largest absolute Gasteiger partial charge is 0.370 e. The Hall–Kier alpha value is -2.24. The molecular formula is C14H14F3N3. The Morgan fingerprint density at radius 2 is 1.75 bits per heavy atom. The fraction of sp³-hybridized carbons (Fsp3) is 0.214. The highest BCUT2D eigenvalue weighted by molar-refractivity contribution is 5.62. The number of aromatic nitrogens is 1. The van der Waals surface area contributed by atoms with Crippen molar-refractivity contribution in [2.75, 3.05) is 17.2 Å². The van der Waals surface area contributed by atoms with Crippen molar-refractivity contribution in [2.45, 2.75) is 13.3 Å². The Balaban J connectivity index is 2.17. The minimum absolute atomic E-state index is 0.133. The lowest BCUT2D eigenvalue weighted by molar-refractivity contribution is 0.448. The van der Waals surface area contributed by atoms with E-state index in [1.54, 1.807) is 18.3 Å². The zero-order valence-corrected chi connectivity index (χ0v) is 10.9. The Morgan fingerprint density at radius 3 is 2.40 bits per heavy atom. The van der Waals surface area contributed by atoms with Gasteiger partial charge >= 0.3 is 0 Å². The number of nitrogens with one attached hydrogen (secondary N) is 2. The Labute approximate surface area is 114 Å². The van der Waals surface area contributed by atoms with Crippen LogP contribution in [0.5, 0.6) is 0 Å². The molecule has 0 amide bonds. The van der Waals surface area contributed by atoms with Crippen molar-refractivity contribution in [3.8, 4) is 0 Å². The fourth-order valence-electron chi connectivity index (χ4n) is 1.65. The molecule has 0 aliphatic rings. The lowest BCUT2D eigenvalue weighted by atomic mass is 10.2. The van der Waals surface area contributed by atoms with Crippen molar-refractivity contribution in [3.63, 3.8) is 0 Å². The number of hydrogen-bond donors (Lipinski definition) is 2. The van der Waals surface area contributed by atoms with Crippen LogP contribution < -0.4 is 10.6 Å². The number of benzene rings is 1. The van der Waals surface area contributed by atoms with Crippen LogP contribution in [0, 0.1) is 17.5 Å². The molecule has 2 aromatic rings. The molecule has 3 nitrogen and oxygen atoms in total. The average Bonchev–Trinajstić information content (AvgIpc) is 2.43. The van der Waals surface area contributed by atoms with E-state index in [1.807, 2.05) is 6.92 Å². The van der Waals surface area contributed by atoms with E-state index in [0.29, 0.717) is 11.5 Å². The van der Waals surface area contributed by atoms with Crippen LogP contribution in [0.1, 0.15) is 13.3 Å². The third kappa shape index (κ3) is 3.40. The molecule has 20 heavy (non-hydrogen) atoms. The van der Waals surface area contributed by atoms with Gasteiger partial charge in [0.1, 0.15) is 5.82 Å². The molecule has 0 bridgehead atoms. The van der Waals surface area contributed by atoms with E-state index >= 15 is 0 Å².